The molecule has 0 saturated heterocycles. The highest BCUT2D eigenvalue weighted by Crippen LogP contribution is 2.47. The van der Waals surface area contributed by atoms with Gasteiger partial charge in [0.15, 0.2) is 0 Å². The smallest absolute Gasteiger partial charge is 0.312 e. The largest absolute Gasteiger partial charge is 0.465 e. The molecule has 5 nitrogen and oxygen atoms in total. The molecule has 0 heterocycles. The Morgan fingerprint density at radius 3 is 1.50 bits per heavy atom. The summed E-state index contributed by atoms with van der Waals surface area (Å²) in [6.07, 6.45) is 6.22. The van der Waals surface area contributed by atoms with Crippen LogP contribution in [0.5, 0.6) is 0 Å². The first kappa shape index (κ1) is 41.4. The first-order valence-electron chi connectivity index (χ1n) is 14.4. The van der Waals surface area contributed by atoms with Gasteiger partial charge in [0.1, 0.15) is 6.61 Å². The number of carbonyl (C=O) groups is 2. The van der Waals surface area contributed by atoms with E-state index < -0.39 is 10.8 Å². The molecule has 0 spiro atoms. The summed E-state index contributed by atoms with van der Waals surface area (Å²) in [6.45, 7) is 31.2. The first-order chi connectivity index (χ1) is 16.6. The lowest BCUT2D eigenvalue weighted by Crippen LogP contribution is -2.44. The Labute approximate surface area is 238 Å². The molecule has 0 aromatic rings. The standard InChI is InChI=1S/C18H36O2.C14H28O3.CH4/c1-9-10-11-12-13-20-15(19)18(8,17(5,6)7)14-16(2,3)4;1-11(2)14(6,10-13(3,4)5)12(15)17-9-8-16-7;/h9-14H2,1-8H3;11H,8-10H2,1-7H3;1H4. The van der Waals surface area contributed by atoms with Crippen LogP contribution in [-0.2, 0) is 23.8 Å². The summed E-state index contributed by atoms with van der Waals surface area (Å²) < 4.78 is 15.8. The summed E-state index contributed by atoms with van der Waals surface area (Å²) >= 11 is 0. The van der Waals surface area contributed by atoms with Crippen LogP contribution in [0.1, 0.15) is 143 Å². The third-order valence-electron chi connectivity index (χ3n) is 7.38. The molecule has 5 heteroatoms. The molecule has 0 aromatic carbocycles. The predicted molar refractivity (Wildman–Crippen MR) is 163 cm³/mol. The van der Waals surface area contributed by atoms with Crippen molar-refractivity contribution in [1.82, 2.24) is 0 Å². The van der Waals surface area contributed by atoms with Crippen LogP contribution < -0.4 is 0 Å². The summed E-state index contributed by atoms with van der Waals surface area (Å²) in [4.78, 5) is 24.8. The van der Waals surface area contributed by atoms with Gasteiger partial charge in [0.2, 0.25) is 0 Å². The second kappa shape index (κ2) is 17.6. The van der Waals surface area contributed by atoms with Crippen molar-refractivity contribution < 1.29 is 23.8 Å². The fraction of sp³-hybridized carbons (Fsp3) is 0.939. The van der Waals surface area contributed by atoms with Crippen LogP contribution in [0.3, 0.4) is 0 Å². The fourth-order valence-electron chi connectivity index (χ4n) is 4.55. The number of methoxy groups -OCH3 is 1. The number of esters is 2. The highest BCUT2D eigenvalue weighted by Gasteiger charge is 2.47. The van der Waals surface area contributed by atoms with Crippen molar-refractivity contribution in [2.24, 2.45) is 33.0 Å². The Kier molecular flexibility index (Phi) is 19.1. The van der Waals surface area contributed by atoms with Gasteiger partial charge in [-0.2, -0.15) is 0 Å². The highest BCUT2D eigenvalue weighted by molar-refractivity contribution is 5.77. The maximum atomic E-state index is 12.6. The van der Waals surface area contributed by atoms with Gasteiger partial charge in [-0.25, -0.2) is 0 Å². The van der Waals surface area contributed by atoms with Crippen LogP contribution in [0.4, 0.5) is 0 Å². The molecule has 0 fully saturated rings. The molecule has 0 aliphatic carbocycles. The van der Waals surface area contributed by atoms with Gasteiger partial charge in [-0.15, -0.1) is 0 Å². The van der Waals surface area contributed by atoms with Crippen molar-refractivity contribution in [3.8, 4) is 0 Å². The average molecular weight is 545 g/mol. The van der Waals surface area contributed by atoms with Crippen LogP contribution in [-0.4, -0.2) is 38.9 Å². The van der Waals surface area contributed by atoms with Gasteiger partial charge in [0, 0.05) is 7.11 Å². The van der Waals surface area contributed by atoms with Gasteiger partial charge in [0.05, 0.1) is 24.0 Å². The van der Waals surface area contributed by atoms with E-state index in [2.05, 4.69) is 90.0 Å². The van der Waals surface area contributed by atoms with E-state index in [1.54, 1.807) is 7.11 Å². The highest BCUT2D eigenvalue weighted by atomic mass is 16.6. The molecule has 230 valence electrons. The zero-order valence-electron chi connectivity index (χ0n) is 27.5. The molecule has 0 aliphatic rings. The van der Waals surface area contributed by atoms with Crippen LogP contribution in [0.2, 0.25) is 0 Å². The van der Waals surface area contributed by atoms with Gasteiger partial charge in [0.25, 0.3) is 0 Å². The molecule has 0 N–H and O–H groups in total. The Morgan fingerprint density at radius 1 is 0.658 bits per heavy atom. The Bertz CT molecular complexity index is 648. The topological polar surface area (TPSA) is 61.8 Å². The molecule has 38 heavy (non-hydrogen) atoms. The summed E-state index contributed by atoms with van der Waals surface area (Å²) in [5, 5.41) is 0. The van der Waals surface area contributed by atoms with Gasteiger partial charge in [-0.05, 0) is 55.3 Å². The minimum Gasteiger partial charge on any atom is -0.465 e. The maximum Gasteiger partial charge on any atom is 0.312 e. The molecule has 2 unspecified atom stereocenters. The van der Waals surface area contributed by atoms with E-state index in [1.165, 1.54) is 12.8 Å². The Hall–Kier alpha value is -1.10. The minimum atomic E-state index is -0.435. The number of ether oxygens (including phenoxy) is 3. The lowest BCUT2D eigenvalue weighted by Gasteiger charge is -2.43. The molecule has 0 radical (unpaired) electrons. The van der Waals surface area contributed by atoms with Crippen molar-refractivity contribution in [1.29, 1.82) is 0 Å². The Morgan fingerprint density at radius 2 is 1.13 bits per heavy atom. The van der Waals surface area contributed by atoms with Crippen LogP contribution in [0.25, 0.3) is 0 Å². The minimum absolute atomic E-state index is 0. The second-order valence-corrected chi connectivity index (χ2v) is 15.0. The molecule has 0 aromatic heterocycles. The molecule has 0 amide bonds. The van der Waals surface area contributed by atoms with E-state index in [4.69, 9.17) is 14.2 Å². The first-order valence-corrected chi connectivity index (χ1v) is 14.4. The SMILES string of the molecule is C.CCCCCCOC(=O)C(C)(CC(C)(C)C)C(C)(C)C.COCCOC(=O)C(C)(CC(C)(C)C)C(C)C. The maximum absolute atomic E-state index is 12.6. The lowest BCUT2D eigenvalue weighted by molar-refractivity contribution is -0.165. The molecule has 0 saturated carbocycles. The van der Waals surface area contributed by atoms with Crippen molar-refractivity contribution >= 4 is 11.9 Å². The number of unbranched alkanes of at least 4 members (excludes halogenated alkanes) is 3. The van der Waals surface area contributed by atoms with E-state index in [1.807, 2.05) is 6.92 Å². The number of rotatable bonds is 13. The van der Waals surface area contributed by atoms with Crippen molar-refractivity contribution in [2.45, 2.75) is 143 Å². The number of carbonyl (C=O) groups excluding carboxylic acids is 2. The predicted octanol–water partition coefficient (Wildman–Crippen LogP) is 9.51. The van der Waals surface area contributed by atoms with E-state index in [0.717, 1.165) is 25.7 Å². The third kappa shape index (κ3) is 16.1. The molecule has 0 aliphatic heterocycles. The van der Waals surface area contributed by atoms with E-state index in [-0.39, 0.29) is 41.5 Å². The summed E-state index contributed by atoms with van der Waals surface area (Å²) in [7, 11) is 1.60. The summed E-state index contributed by atoms with van der Waals surface area (Å²) in [5.74, 6) is 0.118. The van der Waals surface area contributed by atoms with Crippen molar-refractivity contribution in [3.05, 3.63) is 0 Å². The monoisotopic (exact) mass is 545 g/mol. The fourth-order valence-corrected chi connectivity index (χ4v) is 4.55. The van der Waals surface area contributed by atoms with E-state index in [0.29, 0.717) is 19.8 Å². The summed E-state index contributed by atoms with van der Waals surface area (Å²) in [5.41, 5.74) is -0.731. The average Bonchev–Trinajstić information content (AvgIpc) is 2.70. The number of hydrogen-bond donors (Lipinski definition) is 0. The zero-order chi connectivity index (χ0) is 29.7. The summed E-state index contributed by atoms with van der Waals surface area (Å²) in [6, 6.07) is 0. The normalized spacial score (nSPS) is 15.4. The molecular weight excluding hydrogens is 476 g/mol. The zero-order valence-corrected chi connectivity index (χ0v) is 27.5. The van der Waals surface area contributed by atoms with Crippen LogP contribution in [0, 0.1) is 33.0 Å². The van der Waals surface area contributed by atoms with Gasteiger partial charge in [-0.3, -0.25) is 9.59 Å². The van der Waals surface area contributed by atoms with Crippen molar-refractivity contribution in [3.63, 3.8) is 0 Å². The van der Waals surface area contributed by atoms with E-state index >= 15 is 0 Å². The van der Waals surface area contributed by atoms with E-state index in [9.17, 15) is 9.59 Å². The molecule has 0 bridgehead atoms. The molecule has 2 atom stereocenters. The number of hydrogen-bond acceptors (Lipinski definition) is 5. The quantitative estimate of drug-likeness (QED) is 0.171. The van der Waals surface area contributed by atoms with Gasteiger partial charge >= 0.3 is 11.9 Å². The molecular formula is C33H68O5. The third-order valence-corrected chi connectivity index (χ3v) is 7.38. The van der Waals surface area contributed by atoms with Crippen LogP contribution >= 0.6 is 0 Å². The molecule has 0 rings (SSSR count). The van der Waals surface area contributed by atoms with Gasteiger partial charge < -0.3 is 14.2 Å². The van der Waals surface area contributed by atoms with Crippen molar-refractivity contribution in [2.75, 3.05) is 26.9 Å². The second-order valence-electron chi connectivity index (χ2n) is 15.0. The van der Waals surface area contributed by atoms with Gasteiger partial charge in [-0.1, -0.05) is 110 Å². The Balaban J connectivity index is -0.000000636. The lowest BCUT2D eigenvalue weighted by atomic mass is 9.61. The van der Waals surface area contributed by atoms with Crippen LogP contribution in [0.15, 0.2) is 0 Å².